The van der Waals surface area contributed by atoms with E-state index >= 15 is 0 Å². The predicted molar refractivity (Wildman–Crippen MR) is 80.9 cm³/mol. The molecular weight excluding hydrogens is 264 g/mol. The summed E-state index contributed by atoms with van der Waals surface area (Å²) in [6.07, 6.45) is 2.49. The number of nitrogens with one attached hydrogen (secondary N) is 1. The highest BCUT2D eigenvalue weighted by Gasteiger charge is 2.28. The third-order valence-electron chi connectivity index (χ3n) is 3.83. The highest BCUT2D eigenvalue weighted by atomic mass is 16.5. The summed E-state index contributed by atoms with van der Waals surface area (Å²) < 4.78 is 5.39. The molecule has 2 aromatic rings. The first-order valence-corrected chi connectivity index (χ1v) is 7.60. The molecule has 0 spiro atoms. The van der Waals surface area contributed by atoms with Crippen LogP contribution < -0.4 is 0 Å². The van der Waals surface area contributed by atoms with Crippen molar-refractivity contribution in [2.75, 3.05) is 7.05 Å². The van der Waals surface area contributed by atoms with Gasteiger partial charge in [0.1, 0.15) is 5.76 Å². The summed E-state index contributed by atoms with van der Waals surface area (Å²) in [7, 11) is 2.09. The molecule has 1 N–H and O–H groups in total. The first-order valence-electron chi connectivity index (χ1n) is 7.60. The second kappa shape index (κ2) is 5.30. The van der Waals surface area contributed by atoms with Gasteiger partial charge in [-0.1, -0.05) is 25.9 Å². The third kappa shape index (κ3) is 3.53. The summed E-state index contributed by atoms with van der Waals surface area (Å²) in [5.74, 6) is 1.67. The first kappa shape index (κ1) is 14.3. The number of H-pyrrole nitrogens is 1. The molecule has 0 atom stereocenters. The summed E-state index contributed by atoms with van der Waals surface area (Å²) in [5, 5.41) is 11.7. The first-order chi connectivity index (χ1) is 9.91. The molecule has 0 amide bonds. The molecule has 0 aliphatic heterocycles. The molecule has 1 aliphatic rings. The van der Waals surface area contributed by atoms with Crippen LogP contribution in [0.4, 0.5) is 0 Å². The summed E-state index contributed by atoms with van der Waals surface area (Å²) in [6.45, 7) is 8.14. The van der Waals surface area contributed by atoms with Crippen molar-refractivity contribution in [3.63, 3.8) is 0 Å². The van der Waals surface area contributed by atoms with Crippen LogP contribution in [0, 0.1) is 0 Å². The van der Waals surface area contributed by atoms with Crippen LogP contribution in [0.3, 0.4) is 0 Å². The topological polar surface area (TPSA) is 58.0 Å². The van der Waals surface area contributed by atoms with Gasteiger partial charge in [-0.25, -0.2) is 0 Å². The fourth-order valence-corrected chi connectivity index (χ4v) is 2.41. The van der Waals surface area contributed by atoms with Crippen molar-refractivity contribution in [2.24, 2.45) is 0 Å². The van der Waals surface area contributed by atoms with Crippen LogP contribution in [0.15, 0.2) is 16.7 Å². The lowest BCUT2D eigenvalue weighted by Gasteiger charge is -2.14. The molecule has 114 valence electrons. The highest BCUT2D eigenvalue weighted by Crippen LogP contribution is 2.40. The maximum atomic E-state index is 5.39. The number of hydrogen-bond acceptors (Lipinski definition) is 4. The van der Waals surface area contributed by atoms with Gasteiger partial charge in [0.25, 0.3) is 0 Å². The molecule has 21 heavy (non-hydrogen) atoms. The minimum absolute atomic E-state index is 0.0819. The Morgan fingerprint density at radius 3 is 2.67 bits per heavy atom. The van der Waals surface area contributed by atoms with E-state index in [4.69, 9.17) is 4.52 Å². The van der Waals surface area contributed by atoms with E-state index in [0.717, 1.165) is 35.9 Å². The largest absolute Gasteiger partial charge is 0.361 e. The SMILES string of the molecule is CN(Cc1cc(C2CC2)on1)Cc1cc(C(C)(C)C)n[nH]1. The smallest absolute Gasteiger partial charge is 0.140 e. The maximum absolute atomic E-state index is 5.39. The average molecular weight is 288 g/mol. The van der Waals surface area contributed by atoms with E-state index in [9.17, 15) is 0 Å². The zero-order valence-electron chi connectivity index (χ0n) is 13.3. The standard InChI is InChI=1S/C16H24N4O/c1-16(2,3)15-8-12(17-18-15)9-20(4)10-13-7-14(21-19-13)11-5-6-11/h7-8,11H,5-6,9-10H2,1-4H3,(H,17,18). The van der Waals surface area contributed by atoms with Gasteiger partial charge < -0.3 is 4.52 Å². The number of aromatic nitrogens is 3. The Kier molecular flexibility index (Phi) is 3.61. The molecule has 2 aromatic heterocycles. The zero-order valence-corrected chi connectivity index (χ0v) is 13.3. The Bertz CT molecular complexity index is 604. The molecule has 2 heterocycles. The summed E-state index contributed by atoms with van der Waals surface area (Å²) in [5.41, 5.74) is 3.32. The van der Waals surface area contributed by atoms with Crippen LogP contribution in [-0.4, -0.2) is 27.3 Å². The number of hydrogen-bond donors (Lipinski definition) is 1. The molecule has 0 radical (unpaired) electrons. The lowest BCUT2D eigenvalue weighted by atomic mass is 9.92. The molecule has 1 fully saturated rings. The number of nitrogens with zero attached hydrogens (tertiary/aromatic N) is 3. The minimum atomic E-state index is 0.0819. The van der Waals surface area contributed by atoms with Gasteiger partial charge in [0, 0.05) is 36.2 Å². The Morgan fingerprint density at radius 2 is 2.05 bits per heavy atom. The molecule has 0 aromatic carbocycles. The quantitative estimate of drug-likeness (QED) is 0.918. The lowest BCUT2D eigenvalue weighted by molar-refractivity contribution is 0.297. The van der Waals surface area contributed by atoms with Crippen molar-refractivity contribution in [3.05, 3.63) is 35.0 Å². The normalized spacial score (nSPS) is 15.9. The van der Waals surface area contributed by atoms with Gasteiger partial charge in [0.15, 0.2) is 0 Å². The predicted octanol–water partition coefficient (Wildman–Crippen LogP) is 3.20. The Balaban J connectivity index is 1.57. The molecule has 0 unspecified atom stereocenters. The third-order valence-corrected chi connectivity index (χ3v) is 3.83. The number of rotatable bonds is 5. The van der Waals surface area contributed by atoms with Crippen molar-refractivity contribution in [1.82, 2.24) is 20.3 Å². The second-order valence-electron chi connectivity index (χ2n) is 7.20. The van der Waals surface area contributed by atoms with Crippen LogP contribution in [0.25, 0.3) is 0 Å². The zero-order chi connectivity index (χ0) is 15.0. The molecule has 5 heteroatoms. The lowest BCUT2D eigenvalue weighted by Crippen LogP contribution is -2.17. The molecule has 3 rings (SSSR count). The van der Waals surface area contributed by atoms with Gasteiger partial charge in [-0.05, 0) is 26.0 Å². The number of aromatic amines is 1. The van der Waals surface area contributed by atoms with Gasteiger partial charge in [-0.3, -0.25) is 10.00 Å². The fraction of sp³-hybridized carbons (Fsp3) is 0.625. The van der Waals surface area contributed by atoms with E-state index in [1.807, 2.05) is 0 Å². The van der Waals surface area contributed by atoms with Gasteiger partial charge in [0.2, 0.25) is 0 Å². The van der Waals surface area contributed by atoms with E-state index in [2.05, 4.69) is 60.2 Å². The van der Waals surface area contributed by atoms with Crippen LogP contribution >= 0.6 is 0 Å². The van der Waals surface area contributed by atoms with E-state index in [-0.39, 0.29) is 5.41 Å². The van der Waals surface area contributed by atoms with Crippen molar-refractivity contribution in [2.45, 2.75) is 58.0 Å². The molecule has 1 aliphatic carbocycles. The van der Waals surface area contributed by atoms with E-state index in [0.29, 0.717) is 5.92 Å². The van der Waals surface area contributed by atoms with Gasteiger partial charge in [-0.15, -0.1) is 0 Å². The molecule has 1 saturated carbocycles. The molecule has 0 saturated heterocycles. The van der Waals surface area contributed by atoms with E-state index in [1.54, 1.807) is 0 Å². The van der Waals surface area contributed by atoms with Crippen LogP contribution in [0.2, 0.25) is 0 Å². The highest BCUT2D eigenvalue weighted by molar-refractivity contribution is 5.17. The van der Waals surface area contributed by atoms with Crippen LogP contribution in [0.5, 0.6) is 0 Å². The molecular formula is C16H24N4O. The Morgan fingerprint density at radius 1 is 1.29 bits per heavy atom. The van der Waals surface area contributed by atoms with Crippen molar-refractivity contribution >= 4 is 0 Å². The average Bonchev–Trinajstić information content (AvgIpc) is 2.94. The fourth-order valence-electron chi connectivity index (χ4n) is 2.41. The van der Waals surface area contributed by atoms with E-state index < -0.39 is 0 Å². The van der Waals surface area contributed by atoms with Crippen molar-refractivity contribution in [1.29, 1.82) is 0 Å². The Labute approximate surface area is 125 Å². The Hall–Kier alpha value is -1.62. The van der Waals surface area contributed by atoms with Gasteiger partial charge in [0.05, 0.1) is 11.4 Å². The maximum Gasteiger partial charge on any atom is 0.140 e. The summed E-state index contributed by atoms with van der Waals surface area (Å²) >= 11 is 0. The second-order valence-corrected chi connectivity index (χ2v) is 7.20. The monoisotopic (exact) mass is 288 g/mol. The summed E-state index contributed by atoms with van der Waals surface area (Å²) in [6, 6.07) is 4.25. The molecule has 5 nitrogen and oxygen atoms in total. The van der Waals surface area contributed by atoms with Gasteiger partial charge >= 0.3 is 0 Å². The van der Waals surface area contributed by atoms with Crippen LogP contribution in [-0.2, 0) is 18.5 Å². The minimum Gasteiger partial charge on any atom is -0.361 e. The van der Waals surface area contributed by atoms with Crippen molar-refractivity contribution in [3.8, 4) is 0 Å². The van der Waals surface area contributed by atoms with Gasteiger partial charge in [-0.2, -0.15) is 5.10 Å². The van der Waals surface area contributed by atoms with Crippen LogP contribution in [0.1, 0.15) is 62.4 Å². The van der Waals surface area contributed by atoms with E-state index in [1.165, 1.54) is 12.8 Å². The van der Waals surface area contributed by atoms with Crippen molar-refractivity contribution < 1.29 is 4.52 Å². The summed E-state index contributed by atoms with van der Waals surface area (Å²) in [4.78, 5) is 2.22. The molecule has 0 bridgehead atoms.